The number of fused-ring (bicyclic) bond motifs is 3. The zero-order valence-corrected chi connectivity index (χ0v) is 18.6. The van der Waals surface area contributed by atoms with E-state index < -0.39 is 0 Å². The molecular formula is C27H31N3O2. The van der Waals surface area contributed by atoms with Crippen LogP contribution in [0.5, 0.6) is 0 Å². The van der Waals surface area contributed by atoms with Gasteiger partial charge in [0.25, 0.3) is 5.91 Å². The standard InChI is InChI=1S/C27H31N3O2/c31-25(15-6-10-20-8-2-1-3-9-20)29-16-18-30(19-17-29)27(32)23-13-7-12-22-21-11-4-5-14-24(21)28-26(22)23/h1-3,7-9,12-13,28H,4-6,10-11,14-19H2. The number of carbonyl (C=O) groups excluding carboxylic acids is 2. The van der Waals surface area contributed by atoms with E-state index in [9.17, 15) is 9.59 Å². The molecule has 1 N–H and O–H groups in total. The fourth-order valence-electron chi connectivity index (χ4n) is 5.18. The maximum Gasteiger partial charge on any atom is 0.256 e. The second kappa shape index (κ2) is 9.19. The molecule has 32 heavy (non-hydrogen) atoms. The van der Waals surface area contributed by atoms with Gasteiger partial charge in [-0.2, -0.15) is 0 Å². The van der Waals surface area contributed by atoms with E-state index in [1.54, 1.807) is 0 Å². The van der Waals surface area contributed by atoms with Gasteiger partial charge in [0, 0.05) is 43.7 Å². The van der Waals surface area contributed by atoms with Crippen molar-refractivity contribution in [2.45, 2.75) is 44.9 Å². The molecule has 166 valence electrons. The molecule has 5 rings (SSSR count). The number of aromatic amines is 1. The quantitative estimate of drug-likeness (QED) is 0.655. The molecule has 2 amide bonds. The number of H-pyrrole nitrogens is 1. The molecule has 5 heteroatoms. The van der Waals surface area contributed by atoms with Crippen LogP contribution in [0.1, 0.15) is 52.9 Å². The Labute approximate surface area is 189 Å². The second-order valence-corrected chi connectivity index (χ2v) is 9.03. The minimum atomic E-state index is 0.0744. The Hall–Kier alpha value is -3.08. The van der Waals surface area contributed by atoms with Crippen LogP contribution in [-0.4, -0.2) is 52.8 Å². The van der Waals surface area contributed by atoms with E-state index in [0.717, 1.165) is 36.8 Å². The average molecular weight is 430 g/mol. The third kappa shape index (κ3) is 4.16. The molecule has 0 spiro atoms. The highest BCUT2D eigenvalue weighted by molar-refractivity contribution is 6.07. The smallest absolute Gasteiger partial charge is 0.256 e. The maximum atomic E-state index is 13.3. The Morgan fingerprint density at radius 3 is 2.41 bits per heavy atom. The van der Waals surface area contributed by atoms with E-state index in [1.807, 2.05) is 40.1 Å². The van der Waals surface area contributed by atoms with Gasteiger partial charge in [-0.1, -0.05) is 42.5 Å². The third-order valence-corrected chi connectivity index (χ3v) is 6.98. The Balaban J connectivity index is 1.19. The van der Waals surface area contributed by atoms with Crippen molar-refractivity contribution in [2.24, 2.45) is 0 Å². The lowest BCUT2D eigenvalue weighted by atomic mass is 9.95. The fourth-order valence-corrected chi connectivity index (χ4v) is 5.18. The van der Waals surface area contributed by atoms with Crippen LogP contribution < -0.4 is 0 Å². The second-order valence-electron chi connectivity index (χ2n) is 9.03. The number of hydrogen-bond donors (Lipinski definition) is 1. The van der Waals surface area contributed by atoms with Crippen molar-refractivity contribution in [1.29, 1.82) is 0 Å². The summed E-state index contributed by atoms with van der Waals surface area (Å²) >= 11 is 0. The molecule has 1 saturated heterocycles. The van der Waals surface area contributed by atoms with Crippen molar-refractivity contribution in [1.82, 2.24) is 14.8 Å². The normalized spacial score (nSPS) is 16.2. The lowest BCUT2D eigenvalue weighted by molar-refractivity contribution is -0.132. The molecule has 3 aromatic rings. The van der Waals surface area contributed by atoms with Gasteiger partial charge in [0.1, 0.15) is 0 Å². The van der Waals surface area contributed by atoms with Gasteiger partial charge in [-0.05, 0) is 55.7 Å². The van der Waals surface area contributed by atoms with Crippen LogP contribution in [0, 0.1) is 0 Å². The highest BCUT2D eigenvalue weighted by Gasteiger charge is 2.27. The number of nitrogens with one attached hydrogen (secondary N) is 1. The average Bonchev–Trinajstić information content (AvgIpc) is 3.23. The lowest BCUT2D eigenvalue weighted by Gasteiger charge is -2.35. The van der Waals surface area contributed by atoms with Crippen LogP contribution in [0.15, 0.2) is 48.5 Å². The largest absolute Gasteiger partial charge is 0.358 e. The summed E-state index contributed by atoms with van der Waals surface area (Å²) in [6.45, 7) is 2.43. The summed E-state index contributed by atoms with van der Waals surface area (Å²) in [5, 5.41) is 1.21. The number of benzene rings is 2. The van der Waals surface area contributed by atoms with Gasteiger partial charge < -0.3 is 14.8 Å². The zero-order chi connectivity index (χ0) is 21.9. The first-order valence-electron chi connectivity index (χ1n) is 11.9. The first-order chi connectivity index (χ1) is 15.7. The summed E-state index contributed by atoms with van der Waals surface area (Å²) in [4.78, 5) is 33.4. The summed E-state index contributed by atoms with van der Waals surface area (Å²) in [5.41, 5.74) is 5.73. The third-order valence-electron chi connectivity index (χ3n) is 6.98. The molecule has 1 aliphatic carbocycles. The number of hydrogen-bond acceptors (Lipinski definition) is 2. The van der Waals surface area contributed by atoms with E-state index in [-0.39, 0.29) is 11.8 Å². The minimum absolute atomic E-state index is 0.0744. The summed E-state index contributed by atoms with van der Waals surface area (Å²) < 4.78 is 0. The number of carbonyl (C=O) groups is 2. The van der Waals surface area contributed by atoms with Crippen molar-refractivity contribution >= 4 is 22.7 Å². The predicted molar refractivity (Wildman–Crippen MR) is 127 cm³/mol. The summed E-state index contributed by atoms with van der Waals surface area (Å²) in [6.07, 6.45) is 6.96. The van der Waals surface area contributed by atoms with E-state index in [2.05, 4.69) is 23.2 Å². The lowest BCUT2D eigenvalue weighted by Crippen LogP contribution is -2.50. The Bertz CT molecular complexity index is 1110. The van der Waals surface area contributed by atoms with Gasteiger partial charge in [0.15, 0.2) is 0 Å². The van der Waals surface area contributed by atoms with Crippen molar-refractivity contribution in [3.8, 4) is 0 Å². The summed E-state index contributed by atoms with van der Waals surface area (Å²) in [5.74, 6) is 0.276. The first-order valence-corrected chi connectivity index (χ1v) is 11.9. The Morgan fingerprint density at radius 2 is 1.59 bits per heavy atom. The number of aryl methyl sites for hydroxylation is 3. The molecule has 1 aromatic heterocycles. The molecule has 0 radical (unpaired) electrons. The molecule has 0 atom stereocenters. The predicted octanol–water partition coefficient (Wildman–Crippen LogP) is 4.35. The zero-order valence-electron chi connectivity index (χ0n) is 18.6. The summed E-state index contributed by atoms with van der Waals surface area (Å²) in [7, 11) is 0. The molecule has 5 nitrogen and oxygen atoms in total. The van der Waals surface area contributed by atoms with Gasteiger partial charge >= 0.3 is 0 Å². The van der Waals surface area contributed by atoms with Crippen molar-refractivity contribution in [3.63, 3.8) is 0 Å². The van der Waals surface area contributed by atoms with Gasteiger partial charge in [0.05, 0.1) is 11.1 Å². The molecule has 1 aliphatic heterocycles. The van der Waals surface area contributed by atoms with Crippen LogP contribution in [-0.2, 0) is 24.1 Å². The monoisotopic (exact) mass is 429 g/mol. The number of aromatic nitrogens is 1. The van der Waals surface area contributed by atoms with Crippen molar-refractivity contribution in [3.05, 3.63) is 70.9 Å². The highest BCUT2D eigenvalue weighted by Crippen LogP contribution is 2.31. The van der Waals surface area contributed by atoms with Crippen LogP contribution in [0.4, 0.5) is 0 Å². The SMILES string of the molecule is O=C(CCCc1ccccc1)N1CCN(C(=O)c2cccc3c4c([nH]c23)CCCC4)CC1. The molecular weight excluding hydrogens is 398 g/mol. The fraction of sp³-hybridized carbons (Fsp3) is 0.407. The van der Waals surface area contributed by atoms with Crippen molar-refractivity contribution < 1.29 is 9.59 Å². The minimum Gasteiger partial charge on any atom is -0.358 e. The van der Waals surface area contributed by atoms with E-state index in [1.165, 1.54) is 35.0 Å². The number of para-hydroxylation sites is 1. The van der Waals surface area contributed by atoms with Gasteiger partial charge in [0.2, 0.25) is 5.91 Å². The number of nitrogens with zero attached hydrogens (tertiary/aromatic N) is 2. The van der Waals surface area contributed by atoms with E-state index in [0.29, 0.717) is 32.6 Å². The maximum absolute atomic E-state index is 13.3. The molecule has 0 unspecified atom stereocenters. The van der Waals surface area contributed by atoms with Crippen LogP contribution in [0.2, 0.25) is 0 Å². The molecule has 1 fully saturated rings. The topological polar surface area (TPSA) is 56.4 Å². The highest BCUT2D eigenvalue weighted by atomic mass is 16.2. The van der Waals surface area contributed by atoms with Gasteiger partial charge in [-0.3, -0.25) is 9.59 Å². The van der Waals surface area contributed by atoms with Crippen LogP contribution in [0.3, 0.4) is 0 Å². The molecule has 2 aromatic carbocycles. The van der Waals surface area contributed by atoms with E-state index in [4.69, 9.17) is 0 Å². The number of piperazine rings is 1. The van der Waals surface area contributed by atoms with Gasteiger partial charge in [-0.25, -0.2) is 0 Å². The van der Waals surface area contributed by atoms with E-state index >= 15 is 0 Å². The number of rotatable bonds is 5. The van der Waals surface area contributed by atoms with Crippen molar-refractivity contribution in [2.75, 3.05) is 26.2 Å². The van der Waals surface area contributed by atoms with Crippen LogP contribution >= 0.6 is 0 Å². The Morgan fingerprint density at radius 1 is 0.844 bits per heavy atom. The number of amides is 2. The molecule has 0 bridgehead atoms. The van der Waals surface area contributed by atoms with Crippen LogP contribution in [0.25, 0.3) is 10.9 Å². The van der Waals surface area contributed by atoms with Gasteiger partial charge in [-0.15, -0.1) is 0 Å². The first kappa shape index (κ1) is 20.8. The molecule has 0 saturated carbocycles. The summed E-state index contributed by atoms with van der Waals surface area (Å²) in [6, 6.07) is 16.4. The molecule has 2 aliphatic rings. The molecule has 2 heterocycles. The Kier molecular flexibility index (Phi) is 5.97.